The van der Waals surface area contributed by atoms with Gasteiger partial charge in [0.05, 0.1) is 25.4 Å². The van der Waals surface area contributed by atoms with Gasteiger partial charge < -0.3 is 20.3 Å². The van der Waals surface area contributed by atoms with Crippen LogP contribution in [-0.4, -0.2) is 47.4 Å². The van der Waals surface area contributed by atoms with Crippen LogP contribution in [0, 0.1) is 0 Å². The molecule has 0 aliphatic heterocycles. The molecule has 0 spiro atoms. The lowest BCUT2D eigenvalue weighted by Crippen LogP contribution is -2.45. The molecule has 0 bridgehead atoms. The summed E-state index contributed by atoms with van der Waals surface area (Å²) in [6, 6.07) is -0.627. The van der Waals surface area contributed by atoms with Gasteiger partial charge in [-0.05, 0) is 89.9 Å². The molecule has 2 unspecified atom stereocenters. The van der Waals surface area contributed by atoms with Crippen LogP contribution >= 0.6 is 0 Å². The molecule has 6 heteroatoms. The smallest absolute Gasteiger partial charge is 0.305 e. The van der Waals surface area contributed by atoms with E-state index in [1.165, 1.54) is 379 Å². The summed E-state index contributed by atoms with van der Waals surface area (Å²) in [5, 5.41) is 23.3. The van der Waals surface area contributed by atoms with Gasteiger partial charge in [0, 0.05) is 12.8 Å². The Morgan fingerprint density at radius 3 is 0.868 bits per heavy atom. The predicted octanol–water partition coefficient (Wildman–Crippen LogP) is 27.5. The number of aliphatic hydroxyl groups is 2. The number of nitrogens with one attached hydrogen (secondary N) is 1. The second-order valence-corrected chi connectivity index (χ2v) is 28.4. The molecular weight excluding hydrogens is 1110 g/mol. The Labute approximate surface area is 569 Å². The largest absolute Gasteiger partial charge is 0.466 e. The Balaban J connectivity index is 3.35. The number of aliphatic hydroxyl groups excluding tert-OH is 2. The maximum absolute atomic E-state index is 12.5. The first-order valence-electron chi connectivity index (χ1n) is 41.4. The lowest BCUT2D eigenvalue weighted by atomic mass is 10.0. The van der Waals surface area contributed by atoms with Crippen molar-refractivity contribution in [3.8, 4) is 0 Å². The van der Waals surface area contributed by atoms with Gasteiger partial charge in [0.1, 0.15) is 0 Å². The molecule has 3 N–H and O–H groups in total. The summed E-state index contributed by atoms with van der Waals surface area (Å²) in [5.74, 6) is -0.0434. The maximum atomic E-state index is 12.5. The Morgan fingerprint density at radius 1 is 0.308 bits per heavy atom. The zero-order valence-electron chi connectivity index (χ0n) is 61.6. The van der Waals surface area contributed by atoms with Crippen molar-refractivity contribution in [2.45, 2.75) is 469 Å². The Morgan fingerprint density at radius 2 is 0.549 bits per heavy atom. The first-order chi connectivity index (χ1) is 45.0. The summed E-state index contributed by atoms with van der Waals surface area (Å²) in [7, 11) is 0. The quantitative estimate of drug-likeness (QED) is 0.0320. The summed E-state index contributed by atoms with van der Waals surface area (Å²) >= 11 is 0. The van der Waals surface area contributed by atoms with Crippen LogP contribution in [0.1, 0.15) is 457 Å². The topological polar surface area (TPSA) is 95.9 Å². The molecule has 0 heterocycles. The first-order valence-corrected chi connectivity index (χ1v) is 41.4. The normalized spacial score (nSPS) is 12.7. The van der Waals surface area contributed by atoms with Gasteiger partial charge in [-0.25, -0.2) is 0 Å². The van der Waals surface area contributed by atoms with Gasteiger partial charge in [-0.1, -0.05) is 403 Å². The van der Waals surface area contributed by atoms with E-state index in [9.17, 15) is 19.8 Å². The van der Waals surface area contributed by atoms with Gasteiger partial charge in [0.25, 0.3) is 0 Å². The zero-order chi connectivity index (χ0) is 65.6. The minimum atomic E-state index is -0.843. The van der Waals surface area contributed by atoms with Crippen LogP contribution in [0.5, 0.6) is 0 Å². The third-order valence-electron chi connectivity index (χ3n) is 19.3. The van der Waals surface area contributed by atoms with Crippen LogP contribution in [0.4, 0.5) is 0 Å². The van der Waals surface area contributed by atoms with Crippen LogP contribution in [0.2, 0.25) is 0 Å². The van der Waals surface area contributed by atoms with Crippen molar-refractivity contribution in [1.29, 1.82) is 0 Å². The summed E-state index contributed by atoms with van der Waals surface area (Å²) < 4.78 is 5.52. The van der Waals surface area contributed by atoms with E-state index in [4.69, 9.17) is 4.74 Å². The van der Waals surface area contributed by atoms with Crippen LogP contribution in [0.3, 0.4) is 0 Å². The van der Waals surface area contributed by atoms with Crippen LogP contribution in [-0.2, 0) is 14.3 Å². The third-order valence-corrected chi connectivity index (χ3v) is 19.3. The fourth-order valence-corrected chi connectivity index (χ4v) is 13.0. The molecule has 6 nitrogen and oxygen atoms in total. The molecule has 0 aliphatic rings. The highest BCUT2D eigenvalue weighted by Gasteiger charge is 2.18. The molecule has 0 aliphatic carbocycles. The Kier molecular flexibility index (Phi) is 78.3. The number of ether oxygens (including phenoxy) is 1. The molecule has 1 amide bonds. The molecule has 0 radical (unpaired) electrons. The van der Waals surface area contributed by atoms with E-state index in [0.717, 1.165) is 51.4 Å². The minimum absolute atomic E-state index is 0.0168. The summed E-state index contributed by atoms with van der Waals surface area (Å²) in [5.41, 5.74) is 0. The molecule has 0 aromatic rings. The van der Waals surface area contributed by atoms with Crippen molar-refractivity contribution in [2.75, 3.05) is 13.2 Å². The average Bonchev–Trinajstić information content (AvgIpc) is 3.74. The van der Waals surface area contributed by atoms with Gasteiger partial charge in [-0.15, -0.1) is 0 Å². The summed E-state index contributed by atoms with van der Waals surface area (Å²) in [6.07, 6.45) is 107. The second-order valence-electron chi connectivity index (χ2n) is 28.4. The van der Waals surface area contributed by atoms with Crippen molar-refractivity contribution in [2.24, 2.45) is 0 Å². The lowest BCUT2D eigenvalue weighted by Gasteiger charge is -2.20. The summed E-state index contributed by atoms with van der Waals surface area (Å²) in [6.45, 7) is 4.93. The van der Waals surface area contributed by atoms with Crippen molar-refractivity contribution in [3.05, 3.63) is 48.6 Å². The fraction of sp³-hybridized carbons (Fsp3) is 0.882. The first kappa shape index (κ1) is 88.8. The van der Waals surface area contributed by atoms with E-state index in [2.05, 4.69) is 55.6 Å². The van der Waals surface area contributed by atoms with Gasteiger partial charge in [-0.3, -0.25) is 9.59 Å². The van der Waals surface area contributed by atoms with Gasteiger partial charge in [-0.2, -0.15) is 0 Å². The van der Waals surface area contributed by atoms with Crippen molar-refractivity contribution in [1.82, 2.24) is 5.32 Å². The summed E-state index contributed by atoms with van der Waals surface area (Å²) in [4.78, 5) is 24.7. The monoisotopic (exact) mass is 1280 g/mol. The van der Waals surface area contributed by atoms with Crippen LogP contribution in [0.15, 0.2) is 48.6 Å². The molecule has 536 valence electrons. The number of hydrogen-bond donors (Lipinski definition) is 3. The third kappa shape index (κ3) is 76.7. The highest BCUT2D eigenvalue weighted by Crippen LogP contribution is 2.20. The minimum Gasteiger partial charge on any atom is -0.466 e. The number of hydrogen-bond acceptors (Lipinski definition) is 5. The number of amides is 1. The van der Waals surface area contributed by atoms with E-state index in [-0.39, 0.29) is 18.5 Å². The molecule has 0 aromatic carbocycles. The van der Waals surface area contributed by atoms with Crippen LogP contribution in [0.25, 0.3) is 0 Å². The molecule has 0 rings (SSSR count). The standard InChI is InChI=1S/C85H161NO5/c1-3-5-7-9-11-13-15-17-19-21-23-42-45-49-53-57-61-65-69-73-77-83(88)82(81-87)86-84(89)78-74-70-66-62-58-54-50-46-43-39-37-35-33-31-29-27-25-24-26-28-30-32-34-36-38-40-44-48-52-56-60-64-68-72-76-80-91-85(90)79-75-71-67-63-59-55-51-47-41-22-20-18-16-14-12-10-8-6-4-2/h12,14,18,20,26,28,73,77,82-83,87-88H,3-11,13,15-17,19,21-25,27,29-72,74-76,78-81H2,1-2H3,(H,86,89)/b14-12-,20-18-,28-26-,77-73+. The number of allylic oxidation sites excluding steroid dienone is 7. The molecule has 91 heavy (non-hydrogen) atoms. The van der Waals surface area contributed by atoms with Crippen LogP contribution < -0.4 is 5.32 Å². The molecule has 2 atom stereocenters. The number of carbonyl (C=O) groups is 2. The molecule has 0 aromatic heterocycles. The lowest BCUT2D eigenvalue weighted by molar-refractivity contribution is -0.143. The van der Waals surface area contributed by atoms with E-state index in [0.29, 0.717) is 19.4 Å². The number of esters is 1. The van der Waals surface area contributed by atoms with E-state index >= 15 is 0 Å². The van der Waals surface area contributed by atoms with Crippen molar-refractivity contribution >= 4 is 11.9 Å². The van der Waals surface area contributed by atoms with E-state index in [1.807, 2.05) is 6.08 Å². The number of rotatable bonds is 78. The van der Waals surface area contributed by atoms with Gasteiger partial charge >= 0.3 is 5.97 Å². The average molecular weight is 1280 g/mol. The van der Waals surface area contributed by atoms with Crippen molar-refractivity contribution < 1.29 is 24.5 Å². The number of carbonyl (C=O) groups excluding carboxylic acids is 2. The predicted molar refractivity (Wildman–Crippen MR) is 402 cm³/mol. The fourth-order valence-electron chi connectivity index (χ4n) is 13.0. The van der Waals surface area contributed by atoms with Crippen molar-refractivity contribution in [3.63, 3.8) is 0 Å². The van der Waals surface area contributed by atoms with E-state index < -0.39 is 12.1 Å². The number of unbranched alkanes of at least 4 members (excludes halogenated alkanes) is 61. The molecule has 0 saturated carbocycles. The zero-order valence-corrected chi connectivity index (χ0v) is 61.6. The molecule has 0 fully saturated rings. The molecule has 0 saturated heterocycles. The van der Waals surface area contributed by atoms with E-state index in [1.54, 1.807) is 6.08 Å². The highest BCUT2D eigenvalue weighted by atomic mass is 16.5. The Bertz CT molecular complexity index is 1520. The Hall–Kier alpha value is -2.18. The molecular formula is C85H161NO5. The maximum Gasteiger partial charge on any atom is 0.305 e. The second kappa shape index (κ2) is 80.3. The van der Waals surface area contributed by atoms with Gasteiger partial charge in [0.2, 0.25) is 5.91 Å². The van der Waals surface area contributed by atoms with Gasteiger partial charge in [0.15, 0.2) is 0 Å². The highest BCUT2D eigenvalue weighted by molar-refractivity contribution is 5.76. The SMILES string of the molecule is CCCCC/C=C\C/C=C\CCCCCCCCCCCC(=O)OCCCCCCCCCCCCCCCC/C=C\CCCCCCCCCCCCCCCCCCCC(=O)NC(CO)C(O)/C=C/CCCCCCCCCCCCCCCCCCCC.